The second-order valence-corrected chi connectivity index (χ2v) is 9.17. The van der Waals surface area contributed by atoms with Gasteiger partial charge < -0.3 is 14.6 Å². The summed E-state index contributed by atoms with van der Waals surface area (Å²) in [6.45, 7) is 0. The number of nitrogens with one attached hydrogen (secondary N) is 1. The van der Waals surface area contributed by atoms with Gasteiger partial charge in [-0.25, -0.2) is 14.4 Å². The molecule has 0 saturated carbocycles. The molecule has 0 spiro atoms. The Hall–Kier alpha value is -5.02. The molecule has 1 amide bonds. The number of ether oxygens (including phenoxy) is 1. The molecule has 4 heterocycles. The third-order valence-electron chi connectivity index (χ3n) is 6.24. The van der Waals surface area contributed by atoms with Crippen molar-refractivity contribution >= 4 is 45.3 Å². The van der Waals surface area contributed by atoms with Gasteiger partial charge in [0.05, 0.1) is 16.1 Å². The maximum absolute atomic E-state index is 13.8. The highest BCUT2D eigenvalue weighted by molar-refractivity contribution is 6.30. The minimum atomic E-state index is -0.621. The molecule has 2 aromatic carbocycles. The number of fused-ring (bicyclic) bond motifs is 2. The summed E-state index contributed by atoms with van der Waals surface area (Å²) < 4.78 is 23.0. The summed E-state index contributed by atoms with van der Waals surface area (Å²) >= 11 is 5.97. The van der Waals surface area contributed by atoms with Crippen molar-refractivity contribution in [3.05, 3.63) is 118 Å². The van der Waals surface area contributed by atoms with Gasteiger partial charge >= 0.3 is 0 Å². The van der Waals surface area contributed by atoms with Gasteiger partial charge in [0.15, 0.2) is 0 Å². The van der Waals surface area contributed by atoms with Crippen LogP contribution in [0.5, 0.6) is 11.5 Å². The number of benzene rings is 2. The molecule has 0 saturated heterocycles. The number of nitrogens with zero attached hydrogens (tertiary/aromatic N) is 4. The van der Waals surface area contributed by atoms with E-state index in [0.717, 1.165) is 17.1 Å². The number of aromatic nitrogens is 4. The molecule has 8 nitrogen and oxygen atoms in total. The third-order valence-corrected chi connectivity index (χ3v) is 6.53. The van der Waals surface area contributed by atoms with E-state index in [1.165, 1.54) is 29.0 Å². The quantitative estimate of drug-likeness (QED) is 0.285. The molecular weight excluding hydrogens is 521 g/mol. The van der Waals surface area contributed by atoms with E-state index in [2.05, 4.69) is 15.3 Å². The maximum atomic E-state index is 13.8. The number of carbonyl (C=O) groups is 1. The first-order chi connectivity index (χ1) is 18.9. The molecule has 0 aliphatic carbocycles. The van der Waals surface area contributed by atoms with Gasteiger partial charge in [-0.1, -0.05) is 11.6 Å². The SMILES string of the molecule is Cn1ccc2c(Oc3ccc(NC(=O)c4cc5cccnc5n(-c5ccc(F)c(Cl)c5)c4=O)cc3)ccnc21. The molecule has 0 bridgehead atoms. The van der Waals surface area contributed by atoms with E-state index >= 15 is 0 Å². The Morgan fingerprint density at radius 3 is 2.56 bits per heavy atom. The number of halogens is 2. The summed E-state index contributed by atoms with van der Waals surface area (Å²) in [6, 6.07) is 19.3. The van der Waals surface area contributed by atoms with Crippen LogP contribution in [0.2, 0.25) is 5.02 Å². The highest BCUT2D eigenvalue weighted by Crippen LogP contribution is 2.30. The second-order valence-electron chi connectivity index (χ2n) is 8.77. The third kappa shape index (κ3) is 4.49. The number of aryl methyl sites for hydroxylation is 1. The van der Waals surface area contributed by atoms with Crippen LogP contribution in [0.1, 0.15) is 10.4 Å². The number of rotatable bonds is 5. The van der Waals surface area contributed by atoms with Crippen molar-refractivity contribution < 1.29 is 13.9 Å². The Morgan fingerprint density at radius 1 is 0.974 bits per heavy atom. The van der Waals surface area contributed by atoms with Gasteiger partial charge in [-0.05, 0) is 72.8 Å². The molecule has 6 aromatic rings. The number of carbonyl (C=O) groups excluding carboxylic acids is 1. The van der Waals surface area contributed by atoms with Crippen LogP contribution >= 0.6 is 11.6 Å². The van der Waals surface area contributed by atoms with Gasteiger partial charge in [0.25, 0.3) is 11.5 Å². The molecular formula is C29H19ClFN5O3. The van der Waals surface area contributed by atoms with Crippen LogP contribution in [0.4, 0.5) is 10.1 Å². The normalized spacial score (nSPS) is 11.2. The molecule has 0 unspecified atom stereocenters. The molecule has 0 radical (unpaired) electrons. The fourth-order valence-electron chi connectivity index (χ4n) is 4.33. The minimum Gasteiger partial charge on any atom is -0.457 e. The molecule has 0 atom stereocenters. The standard InChI is InChI=1S/C29H19ClFN5O3/c1-35-14-11-21-25(10-13-33-27(21)35)39-20-7-4-18(5-8-20)34-28(37)22-15-17-3-2-12-32-26(17)36(29(22)38)19-6-9-24(31)23(30)16-19/h2-16H,1H3,(H,34,37). The summed E-state index contributed by atoms with van der Waals surface area (Å²) in [5.41, 5.74) is 1.14. The molecule has 0 aliphatic heterocycles. The van der Waals surface area contributed by atoms with Crippen molar-refractivity contribution in [1.29, 1.82) is 0 Å². The largest absolute Gasteiger partial charge is 0.457 e. The maximum Gasteiger partial charge on any atom is 0.269 e. The summed E-state index contributed by atoms with van der Waals surface area (Å²) in [4.78, 5) is 35.4. The van der Waals surface area contributed by atoms with Crippen molar-refractivity contribution in [3.8, 4) is 17.2 Å². The van der Waals surface area contributed by atoms with Crippen molar-refractivity contribution in [1.82, 2.24) is 19.1 Å². The van der Waals surface area contributed by atoms with Crippen LogP contribution in [0.15, 0.2) is 96.2 Å². The zero-order valence-corrected chi connectivity index (χ0v) is 21.2. The van der Waals surface area contributed by atoms with E-state index in [0.29, 0.717) is 28.2 Å². The molecule has 6 rings (SSSR count). The van der Waals surface area contributed by atoms with Crippen LogP contribution in [-0.4, -0.2) is 25.0 Å². The number of pyridine rings is 3. The monoisotopic (exact) mass is 539 g/mol. The first kappa shape index (κ1) is 24.3. The zero-order valence-electron chi connectivity index (χ0n) is 20.4. The van der Waals surface area contributed by atoms with Gasteiger partial charge in [0.1, 0.15) is 34.2 Å². The first-order valence-electron chi connectivity index (χ1n) is 11.8. The highest BCUT2D eigenvalue weighted by Gasteiger charge is 2.18. The Bertz CT molecular complexity index is 1950. The van der Waals surface area contributed by atoms with Gasteiger partial charge in [0.2, 0.25) is 0 Å². The highest BCUT2D eigenvalue weighted by atomic mass is 35.5. The van der Waals surface area contributed by atoms with Crippen LogP contribution in [0.3, 0.4) is 0 Å². The fourth-order valence-corrected chi connectivity index (χ4v) is 4.50. The van der Waals surface area contributed by atoms with Crippen LogP contribution in [0, 0.1) is 5.82 Å². The lowest BCUT2D eigenvalue weighted by Gasteiger charge is -2.13. The predicted molar refractivity (Wildman–Crippen MR) is 147 cm³/mol. The van der Waals surface area contributed by atoms with E-state index < -0.39 is 17.3 Å². The van der Waals surface area contributed by atoms with Crippen molar-refractivity contribution in [2.45, 2.75) is 0 Å². The lowest BCUT2D eigenvalue weighted by atomic mass is 10.1. The summed E-state index contributed by atoms with van der Waals surface area (Å²) in [7, 11) is 1.91. The van der Waals surface area contributed by atoms with E-state index in [9.17, 15) is 14.0 Å². The fraction of sp³-hybridized carbons (Fsp3) is 0.0345. The Balaban J connectivity index is 1.30. The van der Waals surface area contributed by atoms with Gasteiger partial charge in [0, 0.05) is 36.7 Å². The first-order valence-corrected chi connectivity index (χ1v) is 12.2. The summed E-state index contributed by atoms with van der Waals surface area (Å²) in [5, 5.41) is 4.04. The van der Waals surface area contributed by atoms with Crippen molar-refractivity contribution in [2.24, 2.45) is 7.05 Å². The Morgan fingerprint density at radius 2 is 1.77 bits per heavy atom. The zero-order chi connectivity index (χ0) is 27.1. The van der Waals surface area contributed by atoms with Crippen molar-refractivity contribution in [2.75, 3.05) is 5.32 Å². The van der Waals surface area contributed by atoms with Crippen molar-refractivity contribution in [3.63, 3.8) is 0 Å². The van der Waals surface area contributed by atoms with E-state index in [1.54, 1.807) is 48.7 Å². The average molecular weight is 540 g/mol. The molecule has 192 valence electrons. The van der Waals surface area contributed by atoms with E-state index in [4.69, 9.17) is 16.3 Å². The number of hydrogen-bond acceptors (Lipinski definition) is 5. The second kappa shape index (κ2) is 9.70. The molecule has 39 heavy (non-hydrogen) atoms. The predicted octanol–water partition coefficient (Wildman–Crippen LogP) is 6.11. The molecule has 0 fully saturated rings. The average Bonchev–Trinajstić information content (AvgIpc) is 3.32. The molecule has 10 heteroatoms. The van der Waals surface area contributed by atoms with Gasteiger partial charge in [-0.2, -0.15) is 0 Å². The molecule has 1 N–H and O–H groups in total. The number of anilines is 1. The van der Waals surface area contributed by atoms with E-state index in [1.807, 2.05) is 23.9 Å². The van der Waals surface area contributed by atoms with Crippen LogP contribution in [-0.2, 0) is 7.05 Å². The smallest absolute Gasteiger partial charge is 0.269 e. The van der Waals surface area contributed by atoms with Crippen LogP contribution < -0.4 is 15.6 Å². The Labute approximate surface area is 225 Å². The lowest BCUT2D eigenvalue weighted by Crippen LogP contribution is -2.29. The lowest BCUT2D eigenvalue weighted by molar-refractivity contribution is 0.102. The van der Waals surface area contributed by atoms with Gasteiger partial charge in [-0.15, -0.1) is 0 Å². The summed E-state index contributed by atoms with van der Waals surface area (Å²) in [5.74, 6) is -0.00837. The topological polar surface area (TPSA) is 91.0 Å². The van der Waals surface area contributed by atoms with E-state index in [-0.39, 0.29) is 16.3 Å². The molecule has 4 aromatic heterocycles. The summed E-state index contributed by atoms with van der Waals surface area (Å²) in [6.07, 6.45) is 5.12. The minimum absolute atomic E-state index is 0.112. The molecule has 0 aliphatic rings. The van der Waals surface area contributed by atoms with Gasteiger partial charge in [-0.3, -0.25) is 14.2 Å². The number of amides is 1. The Kier molecular flexibility index (Phi) is 6.05. The van der Waals surface area contributed by atoms with Crippen LogP contribution in [0.25, 0.3) is 27.8 Å². The number of hydrogen-bond donors (Lipinski definition) is 1.